The number of hydrogen-bond donors (Lipinski definition) is 0. The lowest BCUT2D eigenvalue weighted by Gasteiger charge is -2.24. The van der Waals surface area contributed by atoms with Gasteiger partial charge in [-0.3, -0.25) is 9.80 Å². The molecule has 0 saturated carbocycles. The first-order valence-electron chi connectivity index (χ1n) is 8.47. The van der Waals surface area contributed by atoms with Gasteiger partial charge >= 0.3 is 6.03 Å². The van der Waals surface area contributed by atoms with E-state index in [4.69, 9.17) is 0 Å². The van der Waals surface area contributed by atoms with Crippen LogP contribution in [0, 0.1) is 0 Å². The molecule has 130 valence electrons. The van der Waals surface area contributed by atoms with Crippen LogP contribution in [0.2, 0.25) is 0 Å². The van der Waals surface area contributed by atoms with Gasteiger partial charge in [-0.1, -0.05) is 43.3 Å². The molecule has 2 heterocycles. The van der Waals surface area contributed by atoms with Crippen molar-refractivity contribution in [2.24, 2.45) is 0 Å². The van der Waals surface area contributed by atoms with Crippen molar-refractivity contribution in [3.63, 3.8) is 0 Å². The number of urea groups is 1. The molecule has 6 heteroatoms. The van der Waals surface area contributed by atoms with Gasteiger partial charge in [0.1, 0.15) is 0 Å². The fourth-order valence-corrected chi connectivity index (χ4v) is 5.84. The minimum absolute atomic E-state index is 0.0170. The predicted octanol–water partition coefficient (Wildman–Crippen LogP) is 2.86. The monoisotopic (exact) mass is 356 g/mol. The SMILES string of the molecule is CCc1ccccc1N1C(=O)N(c2ccccc2)[C@H]2CS(=O)(=O)C[C@@H]21. The molecule has 25 heavy (non-hydrogen) atoms. The summed E-state index contributed by atoms with van der Waals surface area (Å²) in [6, 6.07) is 16.2. The Bertz CT molecular complexity index is 911. The second-order valence-electron chi connectivity index (χ2n) is 6.55. The minimum Gasteiger partial charge on any atom is -0.288 e. The highest BCUT2D eigenvalue weighted by atomic mass is 32.2. The summed E-state index contributed by atoms with van der Waals surface area (Å²) in [6.45, 7) is 2.04. The Kier molecular flexibility index (Phi) is 3.80. The van der Waals surface area contributed by atoms with Gasteiger partial charge in [-0.2, -0.15) is 0 Å². The topological polar surface area (TPSA) is 57.7 Å². The molecule has 2 aromatic rings. The van der Waals surface area contributed by atoms with Crippen molar-refractivity contribution < 1.29 is 13.2 Å². The number of amides is 2. The van der Waals surface area contributed by atoms with Crippen molar-refractivity contribution in [2.45, 2.75) is 25.4 Å². The third kappa shape index (κ3) is 2.61. The molecule has 2 fully saturated rings. The van der Waals surface area contributed by atoms with E-state index in [0.717, 1.165) is 23.4 Å². The first-order chi connectivity index (χ1) is 12.0. The third-order valence-electron chi connectivity index (χ3n) is 5.04. The quantitative estimate of drug-likeness (QED) is 0.795. The Balaban J connectivity index is 1.84. The van der Waals surface area contributed by atoms with Gasteiger partial charge in [0.05, 0.1) is 23.6 Å². The zero-order valence-corrected chi connectivity index (χ0v) is 14.8. The minimum atomic E-state index is -3.17. The van der Waals surface area contributed by atoms with Crippen molar-refractivity contribution in [3.8, 4) is 0 Å². The van der Waals surface area contributed by atoms with Gasteiger partial charge in [-0.05, 0) is 30.2 Å². The fourth-order valence-electron chi connectivity index (χ4n) is 3.92. The van der Waals surface area contributed by atoms with Crippen LogP contribution in [0.4, 0.5) is 16.2 Å². The van der Waals surface area contributed by atoms with Crippen LogP contribution >= 0.6 is 0 Å². The van der Waals surface area contributed by atoms with Crippen LogP contribution in [0.3, 0.4) is 0 Å². The average Bonchev–Trinajstić information content (AvgIpc) is 3.04. The molecule has 2 atom stereocenters. The van der Waals surface area contributed by atoms with E-state index in [1.54, 1.807) is 9.80 Å². The van der Waals surface area contributed by atoms with Crippen LogP contribution in [0.25, 0.3) is 0 Å². The normalized spacial score (nSPS) is 24.6. The van der Waals surface area contributed by atoms with Gasteiger partial charge in [0.15, 0.2) is 9.84 Å². The maximum atomic E-state index is 13.3. The Labute approximate surface area is 147 Å². The van der Waals surface area contributed by atoms with Gasteiger partial charge in [-0.15, -0.1) is 0 Å². The standard InChI is InChI=1S/C19H20N2O3S/c1-2-14-8-6-7-11-16(14)21-18-13-25(23,24)12-17(18)20(19(21)22)15-9-4-3-5-10-15/h3-11,17-18H,2,12-13H2,1H3/t17-,18-/m0/s1. The van der Waals surface area contributed by atoms with Crippen molar-refractivity contribution in [3.05, 3.63) is 60.2 Å². The number of rotatable bonds is 3. The van der Waals surface area contributed by atoms with Crippen LogP contribution in [0.1, 0.15) is 12.5 Å². The van der Waals surface area contributed by atoms with E-state index in [9.17, 15) is 13.2 Å². The Hall–Kier alpha value is -2.34. The van der Waals surface area contributed by atoms with E-state index >= 15 is 0 Å². The molecule has 0 bridgehead atoms. The van der Waals surface area contributed by atoms with Crippen molar-refractivity contribution in [2.75, 3.05) is 21.3 Å². The van der Waals surface area contributed by atoms with Crippen LogP contribution in [0.15, 0.2) is 54.6 Å². The highest BCUT2D eigenvalue weighted by Crippen LogP contribution is 2.39. The average molecular weight is 356 g/mol. The number of hydrogen-bond acceptors (Lipinski definition) is 3. The number of carbonyl (C=O) groups is 1. The number of fused-ring (bicyclic) bond motifs is 1. The zero-order chi connectivity index (χ0) is 17.6. The van der Waals surface area contributed by atoms with Gasteiger partial charge in [0, 0.05) is 11.4 Å². The number of aryl methyl sites for hydroxylation is 1. The van der Waals surface area contributed by atoms with E-state index in [1.807, 2.05) is 61.5 Å². The van der Waals surface area contributed by atoms with E-state index in [-0.39, 0.29) is 29.6 Å². The molecule has 0 N–H and O–H groups in total. The number of carbonyl (C=O) groups excluding carboxylic acids is 1. The predicted molar refractivity (Wildman–Crippen MR) is 98.8 cm³/mol. The second kappa shape index (κ2) is 5.88. The zero-order valence-electron chi connectivity index (χ0n) is 14.0. The molecule has 2 saturated heterocycles. The molecule has 0 unspecified atom stereocenters. The van der Waals surface area contributed by atoms with E-state index in [1.165, 1.54) is 0 Å². The summed E-state index contributed by atoms with van der Waals surface area (Å²) in [5.41, 5.74) is 2.62. The molecule has 0 aromatic heterocycles. The van der Waals surface area contributed by atoms with Gasteiger partial charge in [0.2, 0.25) is 0 Å². The van der Waals surface area contributed by atoms with E-state index in [0.29, 0.717) is 0 Å². The Morgan fingerprint density at radius 3 is 2.20 bits per heavy atom. The summed E-state index contributed by atoms with van der Waals surface area (Å²) in [5.74, 6) is 0.0356. The second-order valence-corrected chi connectivity index (χ2v) is 8.71. The summed E-state index contributed by atoms with van der Waals surface area (Å²) >= 11 is 0. The van der Waals surface area contributed by atoms with E-state index in [2.05, 4.69) is 0 Å². The number of sulfone groups is 1. The Morgan fingerprint density at radius 1 is 0.920 bits per heavy atom. The number of anilines is 2. The highest BCUT2D eigenvalue weighted by molar-refractivity contribution is 7.91. The molecule has 0 aliphatic carbocycles. The van der Waals surface area contributed by atoms with Gasteiger partial charge < -0.3 is 0 Å². The van der Waals surface area contributed by atoms with Gasteiger partial charge in [-0.25, -0.2) is 13.2 Å². The van der Waals surface area contributed by atoms with Crippen LogP contribution < -0.4 is 9.80 Å². The summed E-state index contributed by atoms with van der Waals surface area (Å²) in [6.07, 6.45) is 0.787. The lowest BCUT2D eigenvalue weighted by Crippen LogP contribution is -2.38. The molecular weight excluding hydrogens is 336 g/mol. The maximum Gasteiger partial charge on any atom is 0.329 e. The summed E-state index contributed by atoms with van der Waals surface area (Å²) < 4.78 is 24.6. The molecule has 2 amide bonds. The summed E-state index contributed by atoms with van der Waals surface area (Å²) in [4.78, 5) is 16.6. The Morgan fingerprint density at radius 2 is 1.52 bits per heavy atom. The lowest BCUT2D eigenvalue weighted by molar-refractivity contribution is 0.255. The van der Waals surface area contributed by atoms with Crippen LogP contribution in [0.5, 0.6) is 0 Å². The number of benzene rings is 2. The van der Waals surface area contributed by atoms with Crippen molar-refractivity contribution >= 4 is 27.2 Å². The smallest absolute Gasteiger partial charge is 0.288 e. The number of nitrogens with zero attached hydrogens (tertiary/aromatic N) is 2. The summed E-state index contributed by atoms with van der Waals surface area (Å²) in [5, 5.41) is 0. The van der Waals surface area contributed by atoms with Crippen molar-refractivity contribution in [1.82, 2.24) is 0 Å². The lowest BCUT2D eigenvalue weighted by atomic mass is 10.1. The fraction of sp³-hybridized carbons (Fsp3) is 0.316. The molecule has 2 aliphatic rings. The summed E-state index contributed by atoms with van der Waals surface area (Å²) in [7, 11) is -3.17. The van der Waals surface area contributed by atoms with Crippen LogP contribution in [-0.4, -0.2) is 38.0 Å². The molecule has 4 rings (SSSR count). The molecule has 5 nitrogen and oxygen atoms in total. The first-order valence-corrected chi connectivity index (χ1v) is 10.3. The molecule has 2 aromatic carbocycles. The maximum absolute atomic E-state index is 13.3. The largest absolute Gasteiger partial charge is 0.329 e. The number of para-hydroxylation sites is 2. The molecular formula is C19H20N2O3S. The third-order valence-corrected chi connectivity index (χ3v) is 6.73. The van der Waals surface area contributed by atoms with E-state index < -0.39 is 9.84 Å². The highest BCUT2D eigenvalue weighted by Gasteiger charge is 2.54. The van der Waals surface area contributed by atoms with Crippen LogP contribution in [-0.2, 0) is 16.3 Å². The molecule has 0 radical (unpaired) electrons. The first kappa shape index (κ1) is 16.1. The van der Waals surface area contributed by atoms with Gasteiger partial charge in [0.25, 0.3) is 0 Å². The van der Waals surface area contributed by atoms with Crippen molar-refractivity contribution in [1.29, 1.82) is 0 Å². The molecule has 2 aliphatic heterocycles. The molecule has 0 spiro atoms.